The van der Waals surface area contributed by atoms with Gasteiger partial charge in [0.1, 0.15) is 12.4 Å². The molecular formula is C15H13NO2. The van der Waals surface area contributed by atoms with Crippen molar-refractivity contribution >= 4 is 11.6 Å². The van der Waals surface area contributed by atoms with Gasteiger partial charge in [-0.25, -0.2) is 4.99 Å². The molecule has 0 aliphatic carbocycles. The smallest absolute Gasteiger partial charge is 0.221 e. The molecule has 2 aromatic rings. The molecule has 0 saturated heterocycles. The zero-order valence-corrected chi connectivity index (χ0v) is 10.1. The summed E-state index contributed by atoms with van der Waals surface area (Å²) in [7, 11) is 1.66. The Morgan fingerprint density at radius 3 is 2.72 bits per heavy atom. The average molecular weight is 239 g/mol. The molecular weight excluding hydrogens is 226 g/mol. The summed E-state index contributed by atoms with van der Waals surface area (Å²) in [5.41, 5.74) is 2.99. The SMILES string of the molecule is COc1ccc2c(c1)N=C(c1ccccc1)OC2. The highest BCUT2D eigenvalue weighted by Gasteiger charge is 2.14. The van der Waals surface area contributed by atoms with E-state index in [1.54, 1.807) is 7.11 Å². The number of aliphatic imine (C=N–C) groups is 1. The van der Waals surface area contributed by atoms with E-state index in [0.29, 0.717) is 12.5 Å². The second-order valence-electron chi connectivity index (χ2n) is 4.07. The molecule has 0 fully saturated rings. The Morgan fingerprint density at radius 2 is 1.94 bits per heavy atom. The van der Waals surface area contributed by atoms with E-state index in [-0.39, 0.29) is 0 Å². The lowest BCUT2D eigenvalue weighted by Crippen LogP contribution is -2.10. The highest BCUT2D eigenvalue weighted by Crippen LogP contribution is 2.30. The van der Waals surface area contributed by atoms with E-state index in [4.69, 9.17) is 9.47 Å². The number of hydrogen-bond donors (Lipinski definition) is 0. The van der Waals surface area contributed by atoms with Crippen LogP contribution in [0.5, 0.6) is 5.75 Å². The summed E-state index contributed by atoms with van der Waals surface area (Å²) in [4.78, 5) is 4.54. The van der Waals surface area contributed by atoms with Crippen molar-refractivity contribution in [3.05, 3.63) is 59.7 Å². The van der Waals surface area contributed by atoms with Crippen LogP contribution in [0.4, 0.5) is 5.69 Å². The Bertz CT molecular complexity index is 591. The maximum Gasteiger partial charge on any atom is 0.221 e. The van der Waals surface area contributed by atoms with E-state index < -0.39 is 0 Å². The Kier molecular flexibility index (Phi) is 2.73. The van der Waals surface area contributed by atoms with Gasteiger partial charge in [0, 0.05) is 17.2 Å². The fourth-order valence-electron chi connectivity index (χ4n) is 1.91. The quantitative estimate of drug-likeness (QED) is 0.805. The molecule has 1 aliphatic rings. The molecule has 3 rings (SSSR count). The van der Waals surface area contributed by atoms with Crippen molar-refractivity contribution in [1.82, 2.24) is 0 Å². The van der Waals surface area contributed by atoms with Crippen molar-refractivity contribution in [2.45, 2.75) is 6.61 Å². The van der Waals surface area contributed by atoms with Gasteiger partial charge in [0.25, 0.3) is 0 Å². The zero-order valence-electron chi connectivity index (χ0n) is 10.1. The highest BCUT2D eigenvalue weighted by molar-refractivity contribution is 5.96. The van der Waals surface area contributed by atoms with Crippen LogP contribution in [0.15, 0.2) is 53.5 Å². The van der Waals surface area contributed by atoms with Gasteiger partial charge < -0.3 is 9.47 Å². The van der Waals surface area contributed by atoms with Crippen LogP contribution in [-0.4, -0.2) is 13.0 Å². The van der Waals surface area contributed by atoms with Crippen molar-refractivity contribution in [2.75, 3.05) is 7.11 Å². The molecule has 1 heterocycles. The molecule has 1 aliphatic heterocycles. The normalized spacial score (nSPS) is 13.3. The van der Waals surface area contributed by atoms with Crippen LogP contribution >= 0.6 is 0 Å². The topological polar surface area (TPSA) is 30.8 Å². The lowest BCUT2D eigenvalue weighted by Gasteiger charge is -2.17. The van der Waals surface area contributed by atoms with Gasteiger partial charge in [-0.05, 0) is 24.3 Å². The maximum atomic E-state index is 5.67. The summed E-state index contributed by atoms with van der Waals surface area (Å²) in [5.74, 6) is 1.48. The second kappa shape index (κ2) is 4.53. The van der Waals surface area contributed by atoms with Crippen molar-refractivity contribution in [2.24, 2.45) is 4.99 Å². The molecule has 3 nitrogen and oxygen atoms in total. The molecule has 2 aromatic carbocycles. The van der Waals surface area contributed by atoms with Gasteiger partial charge in [-0.2, -0.15) is 0 Å². The van der Waals surface area contributed by atoms with Crippen LogP contribution in [0.2, 0.25) is 0 Å². The van der Waals surface area contributed by atoms with Crippen molar-refractivity contribution in [3.63, 3.8) is 0 Å². The summed E-state index contributed by atoms with van der Waals surface area (Å²) < 4.78 is 10.9. The third-order valence-corrected chi connectivity index (χ3v) is 2.90. The summed E-state index contributed by atoms with van der Waals surface area (Å²) in [6.07, 6.45) is 0. The van der Waals surface area contributed by atoms with Crippen LogP contribution in [0.1, 0.15) is 11.1 Å². The lowest BCUT2D eigenvalue weighted by molar-refractivity contribution is 0.288. The lowest BCUT2D eigenvalue weighted by atomic mass is 10.1. The molecule has 3 heteroatoms. The third-order valence-electron chi connectivity index (χ3n) is 2.90. The summed E-state index contributed by atoms with van der Waals surface area (Å²) in [6.45, 7) is 0.549. The van der Waals surface area contributed by atoms with Crippen molar-refractivity contribution in [1.29, 1.82) is 0 Å². The van der Waals surface area contributed by atoms with Gasteiger partial charge in [0.2, 0.25) is 5.90 Å². The minimum atomic E-state index is 0.549. The first-order chi connectivity index (χ1) is 8.86. The fourth-order valence-corrected chi connectivity index (χ4v) is 1.91. The first-order valence-electron chi connectivity index (χ1n) is 5.80. The average Bonchev–Trinajstić information content (AvgIpc) is 2.47. The molecule has 0 unspecified atom stereocenters. The second-order valence-corrected chi connectivity index (χ2v) is 4.07. The largest absolute Gasteiger partial charge is 0.497 e. The number of methoxy groups -OCH3 is 1. The van der Waals surface area contributed by atoms with Crippen LogP contribution in [-0.2, 0) is 11.3 Å². The minimum Gasteiger partial charge on any atom is -0.497 e. The molecule has 0 spiro atoms. The van der Waals surface area contributed by atoms with E-state index in [1.165, 1.54) is 0 Å². The van der Waals surface area contributed by atoms with Gasteiger partial charge in [-0.1, -0.05) is 18.2 Å². The monoisotopic (exact) mass is 239 g/mol. The predicted octanol–water partition coefficient (Wildman–Crippen LogP) is 3.30. The number of hydrogen-bond acceptors (Lipinski definition) is 3. The predicted molar refractivity (Wildman–Crippen MR) is 70.4 cm³/mol. The van der Waals surface area contributed by atoms with E-state index in [2.05, 4.69) is 4.99 Å². The van der Waals surface area contributed by atoms with Crippen molar-refractivity contribution in [3.8, 4) is 5.75 Å². The molecule has 0 N–H and O–H groups in total. The van der Waals surface area contributed by atoms with E-state index in [9.17, 15) is 0 Å². The molecule has 18 heavy (non-hydrogen) atoms. The highest BCUT2D eigenvalue weighted by atomic mass is 16.5. The van der Waals surface area contributed by atoms with Crippen LogP contribution in [0.25, 0.3) is 0 Å². The summed E-state index contributed by atoms with van der Waals surface area (Å²) in [5, 5.41) is 0. The first kappa shape index (κ1) is 10.8. The van der Waals surface area contributed by atoms with E-state index >= 15 is 0 Å². The number of ether oxygens (including phenoxy) is 2. The maximum absolute atomic E-state index is 5.67. The number of rotatable bonds is 2. The minimum absolute atomic E-state index is 0.549. The Hall–Kier alpha value is -2.29. The van der Waals surface area contributed by atoms with Crippen LogP contribution in [0, 0.1) is 0 Å². The molecule has 0 bridgehead atoms. The van der Waals surface area contributed by atoms with E-state index in [1.807, 2.05) is 48.5 Å². The molecule has 0 atom stereocenters. The third kappa shape index (κ3) is 1.95. The Labute approximate surface area is 106 Å². The molecule has 0 radical (unpaired) electrons. The van der Waals surface area contributed by atoms with Gasteiger partial charge in [0.15, 0.2) is 0 Å². The van der Waals surface area contributed by atoms with Crippen LogP contribution < -0.4 is 4.74 Å². The van der Waals surface area contributed by atoms with Gasteiger partial charge in [-0.3, -0.25) is 0 Å². The molecule has 0 aromatic heterocycles. The van der Waals surface area contributed by atoms with Crippen molar-refractivity contribution < 1.29 is 9.47 Å². The summed E-state index contributed by atoms with van der Waals surface area (Å²) in [6, 6.07) is 15.7. The Morgan fingerprint density at radius 1 is 1.11 bits per heavy atom. The van der Waals surface area contributed by atoms with Gasteiger partial charge in [-0.15, -0.1) is 0 Å². The first-order valence-corrected chi connectivity index (χ1v) is 5.80. The van der Waals surface area contributed by atoms with Gasteiger partial charge in [0.05, 0.1) is 12.8 Å². The van der Waals surface area contributed by atoms with Crippen LogP contribution in [0.3, 0.4) is 0 Å². The Balaban J connectivity index is 2.02. The molecule has 90 valence electrons. The number of benzene rings is 2. The van der Waals surface area contributed by atoms with E-state index in [0.717, 1.165) is 22.6 Å². The zero-order chi connectivity index (χ0) is 12.4. The number of nitrogens with zero attached hydrogens (tertiary/aromatic N) is 1. The molecule has 0 saturated carbocycles. The fraction of sp³-hybridized carbons (Fsp3) is 0.133. The summed E-state index contributed by atoms with van der Waals surface area (Å²) >= 11 is 0. The molecule has 0 amide bonds. The number of fused-ring (bicyclic) bond motifs is 1. The standard InChI is InChI=1S/C15H13NO2/c1-17-13-8-7-12-10-18-15(16-14(12)9-13)11-5-3-2-4-6-11/h2-9H,10H2,1H3. The van der Waals surface area contributed by atoms with Gasteiger partial charge >= 0.3 is 0 Å².